The van der Waals surface area contributed by atoms with E-state index in [2.05, 4.69) is 10.3 Å². The topological polar surface area (TPSA) is 71.5 Å². The Morgan fingerprint density at radius 1 is 1.55 bits per heavy atom. The predicted octanol–water partition coefficient (Wildman–Crippen LogP) is 0.394. The van der Waals surface area contributed by atoms with Crippen molar-refractivity contribution < 1.29 is 13.2 Å². The van der Waals surface area contributed by atoms with Crippen LogP contribution in [-0.4, -0.2) is 56.3 Å². The summed E-state index contributed by atoms with van der Waals surface area (Å²) in [6, 6.07) is 3.55. The van der Waals surface area contributed by atoms with Crippen molar-refractivity contribution in [2.24, 2.45) is 0 Å². The lowest BCUT2D eigenvalue weighted by Crippen LogP contribution is -2.49. The Bertz CT molecular complexity index is 507. The van der Waals surface area contributed by atoms with Gasteiger partial charge in [-0.3, -0.25) is 4.98 Å². The maximum absolute atomic E-state index is 12.4. The molecule has 0 amide bonds. The van der Waals surface area contributed by atoms with Crippen LogP contribution in [0.15, 0.2) is 24.5 Å². The Balaban J connectivity index is 2.14. The van der Waals surface area contributed by atoms with Crippen molar-refractivity contribution in [3.05, 3.63) is 30.1 Å². The molecule has 20 heavy (non-hydrogen) atoms. The summed E-state index contributed by atoms with van der Waals surface area (Å²) < 4.78 is 31.6. The smallest absolute Gasteiger partial charge is 0.217 e. The van der Waals surface area contributed by atoms with E-state index in [0.29, 0.717) is 26.2 Å². The molecule has 2 rings (SSSR count). The second-order valence-corrected chi connectivity index (χ2v) is 6.67. The molecule has 7 heteroatoms. The van der Waals surface area contributed by atoms with E-state index in [9.17, 15) is 8.42 Å². The average Bonchev–Trinajstić information content (AvgIpc) is 2.48. The van der Waals surface area contributed by atoms with Crippen molar-refractivity contribution in [3.8, 4) is 0 Å². The lowest BCUT2D eigenvalue weighted by molar-refractivity contribution is 0.161. The molecule has 0 saturated carbocycles. The molecular formula is C13H21N3O3S. The van der Waals surface area contributed by atoms with Gasteiger partial charge in [-0.25, -0.2) is 8.42 Å². The van der Waals surface area contributed by atoms with Crippen molar-refractivity contribution >= 4 is 10.0 Å². The van der Waals surface area contributed by atoms with Crippen molar-refractivity contribution in [3.63, 3.8) is 0 Å². The maximum atomic E-state index is 12.4. The van der Waals surface area contributed by atoms with Crippen LogP contribution in [0.4, 0.5) is 0 Å². The van der Waals surface area contributed by atoms with Gasteiger partial charge in [0.15, 0.2) is 0 Å². The zero-order chi connectivity index (χ0) is 14.4. The third-order valence-corrected chi connectivity index (χ3v) is 5.14. The lowest BCUT2D eigenvalue weighted by atomic mass is 10.1. The summed E-state index contributed by atoms with van der Waals surface area (Å²) in [6.45, 7) is 4.39. The number of hydrogen-bond acceptors (Lipinski definition) is 5. The fourth-order valence-corrected chi connectivity index (χ4v) is 3.82. The minimum Gasteiger partial charge on any atom is -0.381 e. The van der Waals surface area contributed by atoms with Crippen LogP contribution in [0.25, 0.3) is 0 Å². The number of aromatic nitrogens is 1. The molecule has 1 aliphatic rings. The highest BCUT2D eigenvalue weighted by atomic mass is 32.2. The van der Waals surface area contributed by atoms with Gasteiger partial charge in [-0.05, 0) is 18.6 Å². The Labute approximate surface area is 120 Å². The summed E-state index contributed by atoms with van der Waals surface area (Å²) in [5.74, 6) is 0.0254. The number of pyridine rings is 1. The van der Waals surface area contributed by atoms with Crippen LogP contribution in [0.5, 0.6) is 0 Å². The number of nitrogens with zero attached hydrogens (tertiary/aromatic N) is 2. The highest BCUT2D eigenvalue weighted by molar-refractivity contribution is 7.89. The second kappa shape index (κ2) is 7.12. The first-order chi connectivity index (χ1) is 9.65. The first-order valence-electron chi connectivity index (χ1n) is 6.83. The van der Waals surface area contributed by atoms with E-state index in [0.717, 1.165) is 5.56 Å². The summed E-state index contributed by atoms with van der Waals surface area (Å²) >= 11 is 0. The number of piperazine rings is 1. The van der Waals surface area contributed by atoms with E-state index in [1.54, 1.807) is 16.7 Å². The zero-order valence-electron chi connectivity index (χ0n) is 11.7. The van der Waals surface area contributed by atoms with Crippen LogP contribution in [0.2, 0.25) is 0 Å². The van der Waals surface area contributed by atoms with Crippen molar-refractivity contribution in [1.29, 1.82) is 0 Å². The number of sulfonamides is 1. The summed E-state index contributed by atoms with van der Waals surface area (Å²) in [5.41, 5.74) is 0.916. The number of rotatable bonds is 6. The molecule has 0 aliphatic carbocycles. The van der Waals surface area contributed by atoms with Crippen molar-refractivity contribution in [2.45, 2.75) is 13.0 Å². The first kappa shape index (κ1) is 15.4. The van der Waals surface area contributed by atoms with Gasteiger partial charge in [0.1, 0.15) is 0 Å². The van der Waals surface area contributed by atoms with Crippen molar-refractivity contribution in [2.75, 3.05) is 38.6 Å². The van der Waals surface area contributed by atoms with Crippen LogP contribution in [-0.2, 0) is 14.8 Å². The molecule has 1 N–H and O–H groups in total. The molecule has 0 radical (unpaired) electrons. The summed E-state index contributed by atoms with van der Waals surface area (Å²) in [7, 11) is -3.31. The van der Waals surface area contributed by atoms with Gasteiger partial charge >= 0.3 is 0 Å². The van der Waals surface area contributed by atoms with Crippen LogP contribution >= 0.6 is 0 Å². The van der Waals surface area contributed by atoms with Gasteiger partial charge in [0.2, 0.25) is 10.0 Å². The molecule has 1 unspecified atom stereocenters. The zero-order valence-corrected chi connectivity index (χ0v) is 12.5. The number of ether oxygens (including phenoxy) is 1. The van der Waals surface area contributed by atoms with Gasteiger partial charge in [0.05, 0.1) is 18.4 Å². The van der Waals surface area contributed by atoms with E-state index >= 15 is 0 Å². The molecular weight excluding hydrogens is 278 g/mol. The molecule has 1 aromatic rings. The minimum atomic E-state index is -3.31. The summed E-state index contributed by atoms with van der Waals surface area (Å²) in [4.78, 5) is 4.08. The van der Waals surface area contributed by atoms with Gasteiger partial charge in [-0.1, -0.05) is 6.07 Å². The summed E-state index contributed by atoms with van der Waals surface area (Å²) in [5, 5.41) is 3.24. The van der Waals surface area contributed by atoms with E-state index in [4.69, 9.17) is 4.74 Å². The molecule has 2 heterocycles. The quantitative estimate of drug-likeness (QED) is 0.770. The number of hydrogen-bond donors (Lipinski definition) is 1. The fourth-order valence-electron chi connectivity index (χ4n) is 2.30. The Hall–Kier alpha value is -1.02. The largest absolute Gasteiger partial charge is 0.381 e. The third-order valence-electron chi connectivity index (χ3n) is 3.31. The Kier molecular flexibility index (Phi) is 5.47. The van der Waals surface area contributed by atoms with Gasteiger partial charge in [0.25, 0.3) is 0 Å². The molecule has 0 spiro atoms. The third kappa shape index (κ3) is 3.76. The molecule has 112 valence electrons. The van der Waals surface area contributed by atoms with E-state index < -0.39 is 10.0 Å². The molecule has 1 aromatic heterocycles. The number of nitrogens with one attached hydrogen (secondary N) is 1. The van der Waals surface area contributed by atoms with E-state index in [1.165, 1.54) is 0 Å². The normalized spacial score (nSPS) is 20.9. The lowest BCUT2D eigenvalue weighted by Gasteiger charge is -2.35. The highest BCUT2D eigenvalue weighted by Crippen LogP contribution is 2.24. The van der Waals surface area contributed by atoms with Gasteiger partial charge in [-0.15, -0.1) is 0 Å². The maximum Gasteiger partial charge on any atom is 0.217 e. The molecule has 0 aromatic carbocycles. The van der Waals surface area contributed by atoms with Gasteiger partial charge in [0, 0.05) is 38.6 Å². The van der Waals surface area contributed by atoms with Crippen LogP contribution in [0.3, 0.4) is 0 Å². The fraction of sp³-hybridized carbons (Fsp3) is 0.615. The van der Waals surface area contributed by atoms with E-state index in [1.807, 2.05) is 19.1 Å². The highest BCUT2D eigenvalue weighted by Gasteiger charge is 2.32. The Morgan fingerprint density at radius 2 is 2.40 bits per heavy atom. The first-order valence-corrected chi connectivity index (χ1v) is 8.44. The van der Waals surface area contributed by atoms with Crippen molar-refractivity contribution in [1.82, 2.24) is 14.6 Å². The predicted molar refractivity (Wildman–Crippen MR) is 76.8 cm³/mol. The molecule has 1 fully saturated rings. The second-order valence-electron chi connectivity index (χ2n) is 4.63. The SMILES string of the molecule is CCOCCS(=O)(=O)N1CCNCC1c1cccnc1. The molecule has 1 atom stereocenters. The average molecular weight is 299 g/mol. The molecule has 0 bridgehead atoms. The van der Waals surface area contributed by atoms with Gasteiger partial charge in [-0.2, -0.15) is 4.31 Å². The van der Waals surface area contributed by atoms with Crippen LogP contribution < -0.4 is 5.32 Å². The molecule has 1 aliphatic heterocycles. The standard InChI is InChI=1S/C13H21N3O3S/c1-2-19-8-9-20(17,18)16-7-6-15-11-13(16)12-4-3-5-14-10-12/h3-5,10,13,15H,2,6-9,11H2,1H3. The monoisotopic (exact) mass is 299 g/mol. The molecule has 6 nitrogen and oxygen atoms in total. The summed E-state index contributed by atoms with van der Waals surface area (Å²) in [6.07, 6.45) is 3.41. The molecule has 1 saturated heterocycles. The van der Waals surface area contributed by atoms with Crippen LogP contribution in [0.1, 0.15) is 18.5 Å². The van der Waals surface area contributed by atoms with Crippen LogP contribution in [0, 0.1) is 0 Å². The van der Waals surface area contributed by atoms with Gasteiger partial charge < -0.3 is 10.1 Å². The Morgan fingerprint density at radius 3 is 3.10 bits per heavy atom. The van der Waals surface area contributed by atoms with E-state index in [-0.39, 0.29) is 18.4 Å². The minimum absolute atomic E-state index is 0.0254.